The molecule has 0 aromatic carbocycles. The number of hydrogen-bond acceptors (Lipinski definition) is 6. The molecule has 0 aliphatic heterocycles. The number of carbonyl (C=O) groups excluding carboxylic acids is 1. The van der Waals surface area contributed by atoms with Crippen LogP contribution in [0.4, 0.5) is 0 Å². The van der Waals surface area contributed by atoms with Crippen molar-refractivity contribution in [3.8, 4) is 0 Å². The van der Waals surface area contributed by atoms with Gasteiger partial charge in [0.05, 0.1) is 7.11 Å². The molecule has 1 aliphatic carbocycles. The fourth-order valence-electron chi connectivity index (χ4n) is 1.80. The first-order valence-corrected chi connectivity index (χ1v) is 6.31. The molecule has 1 aromatic heterocycles. The Hall–Kier alpha value is -1.04. The third-order valence-electron chi connectivity index (χ3n) is 2.67. The van der Waals surface area contributed by atoms with E-state index in [1.54, 1.807) is 0 Å². The normalized spacial score (nSPS) is 16.6. The summed E-state index contributed by atoms with van der Waals surface area (Å²) in [7, 11) is 1.36. The number of nitrogens with zero attached hydrogens (tertiary/aromatic N) is 2. The van der Waals surface area contributed by atoms with Gasteiger partial charge in [-0.05, 0) is 12.8 Å². The Morgan fingerprint density at radius 2 is 2.25 bits per heavy atom. The van der Waals surface area contributed by atoms with Crippen LogP contribution in [0.2, 0.25) is 0 Å². The van der Waals surface area contributed by atoms with Crippen LogP contribution in [0.3, 0.4) is 0 Å². The molecule has 2 rings (SSSR count). The Morgan fingerprint density at radius 3 is 2.94 bits per heavy atom. The van der Waals surface area contributed by atoms with Gasteiger partial charge in [0, 0.05) is 5.92 Å². The molecule has 0 radical (unpaired) electrons. The lowest BCUT2D eigenvalue weighted by Gasteiger charge is -2.00. The fourth-order valence-corrected chi connectivity index (χ4v) is 2.40. The zero-order chi connectivity index (χ0) is 11.4. The summed E-state index contributed by atoms with van der Waals surface area (Å²) >= 11 is 1.22. The molecule has 16 heavy (non-hydrogen) atoms. The van der Waals surface area contributed by atoms with Crippen molar-refractivity contribution in [3.63, 3.8) is 0 Å². The number of rotatable bonds is 4. The van der Waals surface area contributed by atoms with Crippen molar-refractivity contribution in [1.82, 2.24) is 10.2 Å². The maximum Gasteiger partial charge on any atom is 0.316 e. The Labute approximate surface area is 97.9 Å². The van der Waals surface area contributed by atoms with Crippen LogP contribution in [0.5, 0.6) is 0 Å². The highest BCUT2D eigenvalue weighted by atomic mass is 32.2. The van der Waals surface area contributed by atoms with Crippen molar-refractivity contribution in [2.24, 2.45) is 0 Å². The van der Waals surface area contributed by atoms with Gasteiger partial charge >= 0.3 is 5.97 Å². The van der Waals surface area contributed by atoms with Crippen molar-refractivity contribution in [2.75, 3.05) is 12.9 Å². The molecular weight excluding hydrogens is 228 g/mol. The highest BCUT2D eigenvalue weighted by Crippen LogP contribution is 2.34. The first-order chi connectivity index (χ1) is 7.79. The van der Waals surface area contributed by atoms with Crippen LogP contribution in [-0.2, 0) is 9.53 Å². The van der Waals surface area contributed by atoms with Crippen LogP contribution in [0.1, 0.15) is 37.5 Å². The van der Waals surface area contributed by atoms with Crippen molar-refractivity contribution >= 4 is 17.7 Å². The molecule has 0 N–H and O–H groups in total. The molecule has 0 atom stereocenters. The number of aromatic nitrogens is 2. The topological polar surface area (TPSA) is 65.2 Å². The molecule has 1 heterocycles. The van der Waals surface area contributed by atoms with E-state index in [-0.39, 0.29) is 11.7 Å². The molecule has 6 heteroatoms. The van der Waals surface area contributed by atoms with Gasteiger partial charge in [-0.15, -0.1) is 10.2 Å². The predicted molar refractivity (Wildman–Crippen MR) is 58.2 cm³/mol. The average Bonchev–Trinajstić information content (AvgIpc) is 2.95. The molecule has 0 spiro atoms. The summed E-state index contributed by atoms with van der Waals surface area (Å²) in [5.74, 6) is 1.05. The second-order valence-corrected chi connectivity index (χ2v) is 4.68. The second kappa shape index (κ2) is 5.34. The van der Waals surface area contributed by atoms with E-state index in [0.29, 0.717) is 17.0 Å². The number of hydrogen-bond donors (Lipinski definition) is 0. The first kappa shape index (κ1) is 11.4. The molecule has 1 fully saturated rings. The summed E-state index contributed by atoms with van der Waals surface area (Å²) in [4.78, 5) is 10.9. The SMILES string of the molecule is COC(=O)CSc1nnc(C2CCCC2)o1. The van der Waals surface area contributed by atoms with E-state index in [0.717, 1.165) is 12.8 Å². The number of carbonyl (C=O) groups is 1. The summed E-state index contributed by atoms with van der Waals surface area (Å²) in [6, 6.07) is 0. The van der Waals surface area contributed by atoms with E-state index in [4.69, 9.17) is 4.42 Å². The summed E-state index contributed by atoms with van der Waals surface area (Å²) in [5, 5.41) is 8.37. The van der Waals surface area contributed by atoms with Gasteiger partial charge in [-0.25, -0.2) is 0 Å². The monoisotopic (exact) mass is 242 g/mol. The van der Waals surface area contributed by atoms with E-state index < -0.39 is 0 Å². The van der Waals surface area contributed by atoms with Crippen LogP contribution in [-0.4, -0.2) is 29.0 Å². The third-order valence-corrected chi connectivity index (χ3v) is 3.46. The van der Waals surface area contributed by atoms with Gasteiger partial charge < -0.3 is 9.15 Å². The highest BCUT2D eigenvalue weighted by Gasteiger charge is 2.22. The molecule has 88 valence electrons. The second-order valence-electron chi connectivity index (χ2n) is 3.75. The summed E-state index contributed by atoms with van der Waals surface area (Å²) in [5.41, 5.74) is 0. The smallest absolute Gasteiger partial charge is 0.316 e. The minimum absolute atomic E-state index is 0.211. The van der Waals surface area contributed by atoms with E-state index in [1.807, 2.05) is 0 Å². The fraction of sp³-hybridized carbons (Fsp3) is 0.700. The summed E-state index contributed by atoms with van der Waals surface area (Å²) < 4.78 is 10.0. The van der Waals surface area contributed by atoms with Crippen LogP contribution >= 0.6 is 11.8 Å². The van der Waals surface area contributed by atoms with Crippen molar-refractivity contribution in [2.45, 2.75) is 36.8 Å². The molecule has 0 amide bonds. The first-order valence-electron chi connectivity index (χ1n) is 5.32. The minimum Gasteiger partial charge on any atom is -0.468 e. The highest BCUT2D eigenvalue weighted by molar-refractivity contribution is 7.99. The molecule has 0 bridgehead atoms. The van der Waals surface area contributed by atoms with E-state index in [1.165, 1.54) is 31.7 Å². The van der Waals surface area contributed by atoms with Crippen molar-refractivity contribution in [3.05, 3.63) is 5.89 Å². The Bertz CT molecular complexity index is 361. The Kier molecular flexibility index (Phi) is 3.82. The lowest BCUT2D eigenvalue weighted by molar-refractivity contribution is -0.137. The molecule has 0 saturated heterocycles. The van der Waals surface area contributed by atoms with Gasteiger partial charge in [-0.1, -0.05) is 24.6 Å². The summed E-state index contributed by atoms with van der Waals surface area (Å²) in [6.07, 6.45) is 4.72. The summed E-state index contributed by atoms with van der Waals surface area (Å²) in [6.45, 7) is 0. The molecule has 5 nitrogen and oxygen atoms in total. The molecule has 0 unspecified atom stereocenters. The van der Waals surface area contributed by atoms with E-state index >= 15 is 0 Å². The number of methoxy groups -OCH3 is 1. The largest absolute Gasteiger partial charge is 0.468 e. The van der Waals surface area contributed by atoms with Crippen molar-refractivity contribution < 1.29 is 13.9 Å². The standard InChI is InChI=1S/C10H14N2O3S/c1-14-8(13)6-16-10-12-11-9(15-10)7-4-2-3-5-7/h7H,2-6H2,1H3. The van der Waals surface area contributed by atoms with E-state index in [9.17, 15) is 4.79 Å². The quantitative estimate of drug-likeness (QED) is 0.594. The molecule has 1 saturated carbocycles. The minimum atomic E-state index is -0.286. The Balaban J connectivity index is 1.89. The lowest BCUT2D eigenvalue weighted by Crippen LogP contribution is -2.02. The lowest BCUT2D eigenvalue weighted by atomic mass is 10.1. The van der Waals surface area contributed by atoms with Gasteiger partial charge in [0.1, 0.15) is 5.75 Å². The van der Waals surface area contributed by atoms with Crippen LogP contribution < -0.4 is 0 Å². The molecular formula is C10H14N2O3S. The molecule has 1 aliphatic rings. The van der Waals surface area contributed by atoms with Crippen LogP contribution in [0, 0.1) is 0 Å². The average molecular weight is 242 g/mol. The van der Waals surface area contributed by atoms with Gasteiger partial charge in [0.15, 0.2) is 0 Å². The van der Waals surface area contributed by atoms with Crippen molar-refractivity contribution in [1.29, 1.82) is 0 Å². The predicted octanol–water partition coefficient (Wildman–Crippen LogP) is 1.99. The van der Waals surface area contributed by atoms with Gasteiger partial charge in [0.25, 0.3) is 5.22 Å². The maximum atomic E-state index is 10.9. The van der Waals surface area contributed by atoms with E-state index in [2.05, 4.69) is 14.9 Å². The zero-order valence-electron chi connectivity index (χ0n) is 9.14. The van der Waals surface area contributed by atoms with Gasteiger partial charge in [-0.3, -0.25) is 4.79 Å². The number of ether oxygens (including phenoxy) is 1. The van der Waals surface area contributed by atoms with Crippen LogP contribution in [0.25, 0.3) is 0 Å². The molecule has 1 aromatic rings. The number of thioether (sulfide) groups is 1. The number of esters is 1. The maximum absolute atomic E-state index is 10.9. The zero-order valence-corrected chi connectivity index (χ0v) is 9.96. The Morgan fingerprint density at radius 1 is 1.50 bits per heavy atom. The van der Waals surface area contributed by atoms with Gasteiger partial charge in [-0.2, -0.15) is 0 Å². The van der Waals surface area contributed by atoms with Crippen LogP contribution in [0.15, 0.2) is 9.64 Å². The van der Waals surface area contributed by atoms with Gasteiger partial charge in [0.2, 0.25) is 5.89 Å². The third kappa shape index (κ3) is 2.75.